The first-order valence-electron chi connectivity index (χ1n) is 7.88. The van der Waals surface area contributed by atoms with E-state index in [0.29, 0.717) is 0 Å². The predicted molar refractivity (Wildman–Crippen MR) is 85.8 cm³/mol. The summed E-state index contributed by atoms with van der Waals surface area (Å²) in [6, 6.07) is 1.37. The molecule has 20 heavy (non-hydrogen) atoms. The molecule has 0 aliphatic carbocycles. The zero-order chi connectivity index (χ0) is 15.1. The molecule has 0 saturated carbocycles. The van der Waals surface area contributed by atoms with Crippen molar-refractivity contribution in [3.05, 3.63) is 0 Å². The lowest BCUT2D eigenvalue weighted by Gasteiger charge is -2.31. The van der Waals surface area contributed by atoms with Gasteiger partial charge >= 0.3 is 0 Å². The third-order valence-electron chi connectivity index (χ3n) is 4.42. The van der Waals surface area contributed by atoms with Gasteiger partial charge in [0.15, 0.2) is 0 Å². The lowest BCUT2D eigenvalue weighted by Crippen LogP contribution is -2.58. The van der Waals surface area contributed by atoms with E-state index in [1.54, 1.807) is 0 Å². The van der Waals surface area contributed by atoms with Crippen LogP contribution in [0.15, 0.2) is 0 Å². The van der Waals surface area contributed by atoms with Crippen molar-refractivity contribution in [3.63, 3.8) is 0 Å². The van der Waals surface area contributed by atoms with Crippen molar-refractivity contribution < 1.29 is 0 Å². The largest absolute Gasteiger partial charge is 0.325 e. The van der Waals surface area contributed by atoms with Gasteiger partial charge in [0.1, 0.15) is 0 Å². The molecule has 1 saturated heterocycles. The second kappa shape index (κ2) is 8.92. The van der Waals surface area contributed by atoms with Crippen molar-refractivity contribution in [2.45, 2.75) is 63.9 Å². The molecule has 0 aromatic carbocycles. The van der Waals surface area contributed by atoms with Crippen LogP contribution in [0.4, 0.5) is 0 Å². The van der Waals surface area contributed by atoms with Crippen LogP contribution in [0.1, 0.15) is 27.7 Å². The van der Waals surface area contributed by atoms with Gasteiger partial charge in [0.05, 0.1) is 0 Å². The monoisotopic (exact) mass is 286 g/mol. The Balaban J connectivity index is 2.55. The molecule has 1 rings (SSSR count). The van der Waals surface area contributed by atoms with Crippen LogP contribution >= 0.6 is 0 Å². The molecule has 0 spiro atoms. The highest BCUT2D eigenvalue weighted by atomic mass is 15.1. The highest BCUT2D eigenvalue weighted by Crippen LogP contribution is 1.99. The van der Waals surface area contributed by atoms with Crippen molar-refractivity contribution >= 4 is 0 Å². The zero-order valence-electron chi connectivity index (χ0n) is 13.4. The van der Waals surface area contributed by atoms with Gasteiger partial charge in [-0.3, -0.25) is 0 Å². The molecular formula is C14H34N6. The van der Waals surface area contributed by atoms with Crippen molar-refractivity contribution in [2.75, 3.05) is 26.2 Å². The Kier molecular flexibility index (Phi) is 7.94. The zero-order valence-corrected chi connectivity index (χ0v) is 13.4. The summed E-state index contributed by atoms with van der Waals surface area (Å²) in [5.41, 5.74) is 12.5. The average Bonchev–Trinajstić information content (AvgIpc) is 2.44. The minimum atomic E-state index is 0.107. The molecular weight excluding hydrogens is 252 g/mol. The molecule has 1 aliphatic heterocycles. The van der Waals surface area contributed by atoms with Crippen LogP contribution in [0.5, 0.6) is 0 Å². The molecule has 0 amide bonds. The van der Waals surface area contributed by atoms with Crippen LogP contribution in [-0.2, 0) is 0 Å². The van der Waals surface area contributed by atoms with E-state index >= 15 is 0 Å². The van der Waals surface area contributed by atoms with Crippen molar-refractivity contribution in [3.8, 4) is 0 Å². The summed E-state index contributed by atoms with van der Waals surface area (Å²) in [5.74, 6) is 0. The maximum atomic E-state index is 6.26. The van der Waals surface area contributed by atoms with E-state index in [1.165, 1.54) is 0 Å². The van der Waals surface area contributed by atoms with E-state index in [4.69, 9.17) is 11.5 Å². The summed E-state index contributed by atoms with van der Waals surface area (Å²) < 4.78 is 0. The quantitative estimate of drug-likeness (QED) is 0.326. The predicted octanol–water partition coefficient (Wildman–Crippen LogP) is -1.43. The minimum absolute atomic E-state index is 0.107. The molecule has 0 aromatic rings. The van der Waals surface area contributed by atoms with Crippen LogP contribution < -0.4 is 32.7 Å². The molecule has 1 heterocycles. The topological polar surface area (TPSA) is 100 Å². The molecule has 6 atom stereocenters. The van der Waals surface area contributed by atoms with E-state index in [2.05, 4.69) is 49.0 Å². The fourth-order valence-corrected chi connectivity index (χ4v) is 2.61. The van der Waals surface area contributed by atoms with Crippen LogP contribution in [0.2, 0.25) is 0 Å². The Hall–Kier alpha value is -0.240. The molecule has 4 unspecified atom stereocenters. The Morgan fingerprint density at radius 3 is 0.950 bits per heavy atom. The highest BCUT2D eigenvalue weighted by Gasteiger charge is 2.21. The van der Waals surface area contributed by atoms with Crippen molar-refractivity contribution in [2.24, 2.45) is 11.5 Å². The van der Waals surface area contributed by atoms with Crippen LogP contribution in [0.25, 0.3) is 0 Å². The summed E-state index contributed by atoms with van der Waals surface area (Å²) in [6.07, 6.45) is 0. The average molecular weight is 286 g/mol. The summed E-state index contributed by atoms with van der Waals surface area (Å²) in [5, 5.41) is 13.9. The summed E-state index contributed by atoms with van der Waals surface area (Å²) in [6.45, 7) is 12.2. The number of nitrogens with one attached hydrogen (secondary N) is 4. The standard InChI is InChI=1S/C14H34N6/c1-9-13(15)10(2)18-7-8-20-12(4)14(16)11(3)19-6-5-17-9/h9-14,17-20H,5-8,15-16H2,1-4H3/t9-,10?,11?,12+,13?,14?. The van der Waals surface area contributed by atoms with Gasteiger partial charge < -0.3 is 32.7 Å². The van der Waals surface area contributed by atoms with Crippen molar-refractivity contribution in [1.82, 2.24) is 21.3 Å². The summed E-state index contributed by atoms with van der Waals surface area (Å²) >= 11 is 0. The van der Waals surface area contributed by atoms with Gasteiger partial charge in [-0.2, -0.15) is 0 Å². The highest BCUT2D eigenvalue weighted by molar-refractivity contribution is 4.88. The van der Waals surface area contributed by atoms with E-state index in [0.717, 1.165) is 26.2 Å². The van der Waals surface area contributed by atoms with Gasteiger partial charge in [0.2, 0.25) is 0 Å². The molecule has 0 radical (unpaired) electrons. The third-order valence-corrected chi connectivity index (χ3v) is 4.42. The van der Waals surface area contributed by atoms with Gasteiger partial charge in [-0.25, -0.2) is 0 Å². The summed E-state index contributed by atoms with van der Waals surface area (Å²) in [4.78, 5) is 0. The van der Waals surface area contributed by atoms with E-state index in [-0.39, 0.29) is 36.3 Å². The molecule has 0 aromatic heterocycles. The Morgan fingerprint density at radius 2 is 0.750 bits per heavy atom. The molecule has 0 bridgehead atoms. The molecule has 6 heteroatoms. The fourth-order valence-electron chi connectivity index (χ4n) is 2.61. The molecule has 1 aliphatic rings. The van der Waals surface area contributed by atoms with E-state index < -0.39 is 0 Å². The third kappa shape index (κ3) is 5.63. The lowest BCUT2D eigenvalue weighted by molar-refractivity contribution is 0.332. The number of nitrogens with two attached hydrogens (primary N) is 2. The van der Waals surface area contributed by atoms with E-state index in [9.17, 15) is 0 Å². The Labute approximate surface area is 123 Å². The molecule has 1 fully saturated rings. The van der Waals surface area contributed by atoms with Gasteiger partial charge in [-0.05, 0) is 27.7 Å². The molecule has 6 nitrogen and oxygen atoms in total. The maximum Gasteiger partial charge on any atom is 0.0345 e. The smallest absolute Gasteiger partial charge is 0.0345 e. The second-order valence-electron chi connectivity index (χ2n) is 6.13. The SMILES string of the molecule is CC1NCCN[C@H](C)C(N)C(C)NCCN[C@@H](C)C1N. The second-order valence-corrected chi connectivity index (χ2v) is 6.13. The van der Waals surface area contributed by atoms with Gasteiger partial charge in [-0.15, -0.1) is 0 Å². The number of rotatable bonds is 0. The van der Waals surface area contributed by atoms with Gasteiger partial charge in [-0.1, -0.05) is 0 Å². The van der Waals surface area contributed by atoms with Crippen LogP contribution in [-0.4, -0.2) is 62.4 Å². The molecule has 8 N–H and O–H groups in total. The normalized spacial score (nSPS) is 42.9. The Morgan fingerprint density at radius 1 is 0.550 bits per heavy atom. The minimum Gasteiger partial charge on any atom is -0.325 e. The summed E-state index contributed by atoms with van der Waals surface area (Å²) in [7, 11) is 0. The lowest BCUT2D eigenvalue weighted by atomic mass is 10.0. The first kappa shape index (κ1) is 17.8. The maximum absolute atomic E-state index is 6.26. The number of hydrogen-bond donors (Lipinski definition) is 6. The van der Waals surface area contributed by atoms with E-state index in [1.807, 2.05) is 0 Å². The fraction of sp³-hybridized carbons (Fsp3) is 1.00. The molecule has 120 valence electrons. The number of hydrogen-bond acceptors (Lipinski definition) is 6. The van der Waals surface area contributed by atoms with Gasteiger partial charge in [0.25, 0.3) is 0 Å². The first-order valence-corrected chi connectivity index (χ1v) is 7.88. The van der Waals surface area contributed by atoms with Crippen LogP contribution in [0.3, 0.4) is 0 Å². The van der Waals surface area contributed by atoms with Crippen molar-refractivity contribution in [1.29, 1.82) is 0 Å². The van der Waals surface area contributed by atoms with Crippen LogP contribution in [0, 0.1) is 0 Å². The Bertz CT molecular complexity index is 212. The first-order chi connectivity index (χ1) is 9.43. The van der Waals surface area contributed by atoms with Gasteiger partial charge in [0, 0.05) is 62.4 Å².